The van der Waals surface area contributed by atoms with Gasteiger partial charge in [-0.3, -0.25) is 43.6 Å². The van der Waals surface area contributed by atoms with Crippen LogP contribution < -0.4 is 5.32 Å². The Balaban J connectivity index is 2.39. The highest BCUT2D eigenvalue weighted by molar-refractivity contribution is 5.98. The summed E-state index contributed by atoms with van der Waals surface area (Å²) in [6.07, 6.45) is 1.49. The van der Waals surface area contributed by atoms with E-state index >= 15 is 0 Å². The number of amides is 1. The molecule has 14 heteroatoms. The fourth-order valence-corrected chi connectivity index (χ4v) is 4.55. The lowest BCUT2D eigenvalue weighted by molar-refractivity contribution is -0.142. The molecule has 1 saturated heterocycles. The Morgan fingerprint density at radius 3 is 1.65 bits per heavy atom. The van der Waals surface area contributed by atoms with E-state index in [9.17, 15) is 44.4 Å². The summed E-state index contributed by atoms with van der Waals surface area (Å²) in [6, 6.07) is 6.48. The van der Waals surface area contributed by atoms with Crippen LogP contribution in [0.1, 0.15) is 5.56 Å². The Bertz CT molecular complexity index is 1050. The van der Waals surface area contributed by atoms with Crippen molar-refractivity contribution in [2.75, 3.05) is 77.3 Å². The van der Waals surface area contributed by atoms with Crippen LogP contribution in [-0.4, -0.2) is 148 Å². The second-order valence-electron chi connectivity index (χ2n) is 9.58. The number of carbonyl (C=O) groups excluding carboxylic acids is 1. The molecule has 1 fully saturated rings. The van der Waals surface area contributed by atoms with Crippen molar-refractivity contribution < 1.29 is 44.4 Å². The number of carbonyl (C=O) groups is 5. The van der Waals surface area contributed by atoms with Crippen molar-refractivity contribution in [2.45, 2.75) is 12.5 Å². The van der Waals surface area contributed by atoms with E-state index in [1.165, 1.54) is 0 Å². The van der Waals surface area contributed by atoms with Gasteiger partial charge in [-0.05, 0) is 30.2 Å². The summed E-state index contributed by atoms with van der Waals surface area (Å²) in [7, 11) is 0. The number of benzene rings is 1. The lowest BCUT2D eigenvalue weighted by Gasteiger charge is -2.37. The average Bonchev–Trinajstić information content (AvgIpc) is 2.86. The van der Waals surface area contributed by atoms with Crippen LogP contribution in [0, 0.1) is 0 Å². The van der Waals surface area contributed by atoms with E-state index in [1.54, 1.807) is 43.9 Å². The van der Waals surface area contributed by atoms with Gasteiger partial charge >= 0.3 is 23.9 Å². The SMILES string of the molecule is C=CC(=O)Nc1ccc(CC2CN(CC(=O)O)CCN(CC(=O)O)CCN(CC(=O)O)CCN2CC(=O)O)cc1. The molecule has 0 aromatic heterocycles. The largest absolute Gasteiger partial charge is 0.480 e. The molecule has 1 aliphatic heterocycles. The van der Waals surface area contributed by atoms with Crippen LogP contribution in [0.4, 0.5) is 5.69 Å². The van der Waals surface area contributed by atoms with Crippen LogP contribution in [0.15, 0.2) is 36.9 Å². The zero-order chi connectivity index (χ0) is 29.7. The van der Waals surface area contributed by atoms with Crippen molar-refractivity contribution in [3.63, 3.8) is 0 Å². The average molecular weight is 564 g/mol. The molecule has 0 spiro atoms. The number of rotatable bonds is 12. The molecule has 0 bridgehead atoms. The summed E-state index contributed by atoms with van der Waals surface area (Å²) in [5.41, 5.74) is 1.36. The molecule has 14 nitrogen and oxygen atoms in total. The summed E-state index contributed by atoms with van der Waals surface area (Å²) in [5.74, 6) is -4.64. The van der Waals surface area contributed by atoms with Gasteiger partial charge in [0, 0.05) is 57.5 Å². The lowest BCUT2D eigenvalue weighted by Crippen LogP contribution is -2.53. The third-order valence-electron chi connectivity index (χ3n) is 6.45. The molecule has 1 heterocycles. The molecule has 0 radical (unpaired) electrons. The fraction of sp³-hybridized carbons (Fsp3) is 0.500. The zero-order valence-corrected chi connectivity index (χ0v) is 22.3. The molecule has 220 valence electrons. The van der Waals surface area contributed by atoms with Gasteiger partial charge < -0.3 is 25.7 Å². The van der Waals surface area contributed by atoms with Crippen LogP contribution >= 0.6 is 0 Å². The van der Waals surface area contributed by atoms with Crippen molar-refractivity contribution in [3.8, 4) is 0 Å². The number of aliphatic carboxylic acids is 4. The van der Waals surface area contributed by atoms with E-state index in [-0.39, 0.29) is 77.9 Å². The number of nitrogens with zero attached hydrogens (tertiary/aromatic N) is 4. The van der Waals surface area contributed by atoms with E-state index in [4.69, 9.17) is 0 Å². The van der Waals surface area contributed by atoms with E-state index in [0.717, 1.165) is 11.6 Å². The second kappa shape index (κ2) is 16.3. The van der Waals surface area contributed by atoms with Crippen LogP contribution in [0.3, 0.4) is 0 Å². The Hall–Kier alpha value is -3.85. The molecule has 1 aromatic rings. The van der Waals surface area contributed by atoms with Crippen LogP contribution in [0.2, 0.25) is 0 Å². The van der Waals surface area contributed by atoms with Crippen molar-refractivity contribution in [3.05, 3.63) is 42.5 Å². The lowest BCUT2D eigenvalue weighted by atomic mass is 10.0. The van der Waals surface area contributed by atoms with Crippen molar-refractivity contribution >= 4 is 35.5 Å². The second-order valence-corrected chi connectivity index (χ2v) is 9.58. The summed E-state index contributed by atoms with van der Waals surface area (Å²) in [4.78, 5) is 64.6. The highest BCUT2D eigenvalue weighted by atomic mass is 16.4. The van der Waals surface area contributed by atoms with Gasteiger partial charge in [-0.25, -0.2) is 0 Å². The first kappa shape index (κ1) is 32.4. The molecular weight excluding hydrogens is 526 g/mol. The Morgan fingerprint density at radius 1 is 0.725 bits per heavy atom. The molecule has 40 heavy (non-hydrogen) atoms. The number of nitrogens with one attached hydrogen (secondary N) is 1. The van der Waals surface area contributed by atoms with Gasteiger partial charge in [-0.1, -0.05) is 18.7 Å². The summed E-state index contributed by atoms with van der Waals surface area (Å²) >= 11 is 0. The molecule has 1 atom stereocenters. The number of hydrogen-bond donors (Lipinski definition) is 5. The van der Waals surface area contributed by atoms with Gasteiger partial charge in [0.1, 0.15) is 0 Å². The van der Waals surface area contributed by atoms with E-state index in [2.05, 4.69) is 11.9 Å². The number of carboxylic acids is 4. The summed E-state index contributed by atoms with van der Waals surface area (Å²) in [5, 5.41) is 40.6. The van der Waals surface area contributed by atoms with Crippen molar-refractivity contribution in [1.29, 1.82) is 0 Å². The minimum atomic E-state index is -1.08. The van der Waals surface area contributed by atoms with Gasteiger partial charge in [-0.15, -0.1) is 0 Å². The normalized spacial score (nSPS) is 18.6. The highest BCUT2D eigenvalue weighted by Gasteiger charge is 2.27. The molecule has 5 N–H and O–H groups in total. The molecule has 0 saturated carbocycles. The fourth-order valence-electron chi connectivity index (χ4n) is 4.55. The number of anilines is 1. The molecule has 1 unspecified atom stereocenters. The van der Waals surface area contributed by atoms with Gasteiger partial charge in [0.05, 0.1) is 26.2 Å². The van der Waals surface area contributed by atoms with E-state index in [1.807, 2.05) is 0 Å². The Morgan fingerprint density at radius 2 is 1.18 bits per heavy atom. The van der Waals surface area contributed by atoms with Crippen molar-refractivity contribution in [1.82, 2.24) is 19.6 Å². The first-order valence-corrected chi connectivity index (χ1v) is 12.8. The Labute approximate surface area is 232 Å². The smallest absolute Gasteiger partial charge is 0.317 e. The minimum absolute atomic E-state index is 0.175. The first-order valence-electron chi connectivity index (χ1n) is 12.8. The zero-order valence-electron chi connectivity index (χ0n) is 22.3. The molecule has 2 rings (SSSR count). The molecule has 0 aliphatic carbocycles. The Kier molecular flexibility index (Phi) is 13.2. The van der Waals surface area contributed by atoms with Gasteiger partial charge in [-0.2, -0.15) is 0 Å². The molecule has 1 amide bonds. The topological polar surface area (TPSA) is 191 Å². The minimum Gasteiger partial charge on any atom is -0.480 e. The maximum Gasteiger partial charge on any atom is 0.317 e. The van der Waals surface area contributed by atoms with Crippen LogP contribution in [0.5, 0.6) is 0 Å². The molecular formula is C26H37N5O9. The van der Waals surface area contributed by atoms with Gasteiger partial charge in [0.25, 0.3) is 0 Å². The number of hydrogen-bond acceptors (Lipinski definition) is 9. The summed E-state index contributed by atoms with van der Waals surface area (Å²) in [6.45, 7) is 3.67. The third kappa shape index (κ3) is 12.3. The van der Waals surface area contributed by atoms with Crippen molar-refractivity contribution in [2.24, 2.45) is 0 Å². The van der Waals surface area contributed by atoms with Gasteiger partial charge in [0.15, 0.2) is 0 Å². The first-order chi connectivity index (χ1) is 18.9. The van der Waals surface area contributed by atoms with Crippen LogP contribution in [0.25, 0.3) is 0 Å². The van der Waals surface area contributed by atoms with Gasteiger partial charge in [0.2, 0.25) is 5.91 Å². The maximum absolute atomic E-state index is 11.8. The number of carboxylic acid groups (broad SMARTS) is 4. The molecule has 1 aliphatic rings. The maximum atomic E-state index is 11.8. The highest BCUT2D eigenvalue weighted by Crippen LogP contribution is 2.16. The van der Waals surface area contributed by atoms with E-state index in [0.29, 0.717) is 12.1 Å². The summed E-state index contributed by atoms with van der Waals surface area (Å²) < 4.78 is 0. The quantitative estimate of drug-likeness (QED) is 0.200. The third-order valence-corrected chi connectivity index (χ3v) is 6.45. The predicted octanol–water partition coefficient (Wildman–Crippen LogP) is -0.718. The van der Waals surface area contributed by atoms with Crippen LogP contribution in [-0.2, 0) is 30.4 Å². The van der Waals surface area contributed by atoms with E-state index < -0.39 is 29.9 Å². The molecule has 1 aromatic carbocycles. The standard InChI is InChI=1S/C26H37N5O9/c1-2-22(32)27-20-5-3-19(4-6-20)13-21-14-30(17-25(37)38)10-9-28(15-23(33)34)7-8-29(16-24(35)36)11-12-31(21)18-26(39)40/h2-6,21H,1,7-18H2,(H,27,32)(H,33,34)(H,35,36)(H,37,38)(H,39,40). The predicted molar refractivity (Wildman–Crippen MR) is 144 cm³/mol. The monoisotopic (exact) mass is 563 g/mol.